The van der Waals surface area contributed by atoms with Crippen LogP contribution in [0.4, 0.5) is 11.4 Å². The van der Waals surface area contributed by atoms with Crippen LogP contribution in [0.1, 0.15) is 5.56 Å². The predicted molar refractivity (Wildman–Crippen MR) is 121 cm³/mol. The fourth-order valence-corrected chi connectivity index (χ4v) is 3.56. The highest BCUT2D eigenvalue weighted by Crippen LogP contribution is 2.29. The van der Waals surface area contributed by atoms with Gasteiger partial charge in [0.05, 0.1) is 22.7 Å². The molecule has 0 fully saturated rings. The van der Waals surface area contributed by atoms with Gasteiger partial charge in [-0.3, -0.25) is 4.57 Å². The lowest BCUT2D eigenvalue weighted by Crippen LogP contribution is -1.97. The van der Waals surface area contributed by atoms with Crippen molar-refractivity contribution >= 4 is 22.4 Å². The van der Waals surface area contributed by atoms with Gasteiger partial charge in [-0.1, -0.05) is 30.3 Å². The normalized spacial score (nSPS) is 10.6. The van der Waals surface area contributed by atoms with Crippen molar-refractivity contribution in [1.82, 2.24) is 9.55 Å². The Labute approximate surface area is 174 Å². The van der Waals surface area contributed by atoms with Crippen molar-refractivity contribution < 1.29 is 0 Å². The third-order valence-corrected chi connectivity index (χ3v) is 5.02. The van der Waals surface area contributed by atoms with Crippen molar-refractivity contribution in [2.45, 2.75) is 0 Å². The summed E-state index contributed by atoms with van der Waals surface area (Å²) in [6, 6.07) is 36.3. The average Bonchev–Trinajstić information content (AvgIpc) is 3.20. The van der Waals surface area contributed by atoms with E-state index in [9.17, 15) is 0 Å². The summed E-state index contributed by atoms with van der Waals surface area (Å²) < 4.78 is 2.19. The number of nitrogens with one attached hydrogen (secondary N) is 1. The summed E-state index contributed by atoms with van der Waals surface area (Å²) >= 11 is 0. The lowest BCUT2D eigenvalue weighted by Gasteiger charge is -2.11. The molecule has 4 heteroatoms. The highest BCUT2D eigenvalue weighted by atomic mass is 15.1. The van der Waals surface area contributed by atoms with Crippen LogP contribution in [0.25, 0.3) is 28.1 Å². The molecule has 0 amide bonds. The van der Waals surface area contributed by atoms with E-state index in [1.165, 1.54) is 0 Å². The first kappa shape index (κ1) is 17.7. The van der Waals surface area contributed by atoms with Crippen molar-refractivity contribution in [2.24, 2.45) is 0 Å². The van der Waals surface area contributed by atoms with Crippen molar-refractivity contribution in [2.75, 3.05) is 5.32 Å². The fourth-order valence-electron chi connectivity index (χ4n) is 3.56. The molecule has 0 unspecified atom stereocenters. The van der Waals surface area contributed by atoms with Gasteiger partial charge in [0.25, 0.3) is 0 Å². The van der Waals surface area contributed by atoms with Crippen LogP contribution >= 0.6 is 0 Å². The summed E-state index contributed by atoms with van der Waals surface area (Å²) in [5.74, 6) is 0.910. The number of hydrogen-bond acceptors (Lipinski definition) is 3. The minimum Gasteiger partial charge on any atom is -0.356 e. The molecule has 0 aliphatic heterocycles. The molecule has 5 aromatic rings. The summed E-state index contributed by atoms with van der Waals surface area (Å²) in [7, 11) is 0. The Kier molecular flexibility index (Phi) is 4.47. The van der Waals surface area contributed by atoms with Gasteiger partial charge in [0, 0.05) is 22.6 Å². The summed E-state index contributed by atoms with van der Waals surface area (Å²) in [5, 5.41) is 12.3. The number of fused-ring (bicyclic) bond motifs is 1. The fraction of sp³-hybridized carbons (Fsp3) is 0. The third kappa shape index (κ3) is 3.30. The minimum absolute atomic E-state index is 0.649. The van der Waals surface area contributed by atoms with E-state index in [0.717, 1.165) is 39.5 Å². The maximum absolute atomic E-state index is 8.94. The van der Waals surface area contributed by atoms with E-state index in [1.807, 2.05) is 60.7 Å². The lowest BCUT2D eigenvalue weighted by atomic mass is 10.1. The Morgan fingerprint density at radius 2 is 1.33 bits per heavy atom. The number of aromatic nitrogens is 2. The molecule has 0 aliphatic rings. The molecule has 0 atom stereocenters. The van der Waals surface area contributed by atoms with Gasteiger partial charge < -0.3 is 5.32 Å². The second-order valence-electron chi connectivity index (χ2n) is 6.99. The van der Waals surface area contributed by atoms with Crippen LogP contribution in [0.3, 0.4) is 0 Å². The number of rotatable bonds is 4. The van der Waals surface area contributed by atoms with E-state index in [-0.39, 0.29) is 0 Å². The zero-order chi connectivity index (χ0) is 20.3. The first-order valence-electron chi connectivity index (χ1n) is 9.72. The van der Waals surface area contributed by atoms with Crippen LogP contribution in [0.15, 0.2) is 103 Å². The van der Waals surface area contributed by atoms with Crippen LogP contribution < -0.4 is 5.32 Å². The van der Waals surface area contributed by atoms with E-state index in [2.05, 4.69) is 46.3 Å². The molecule has 4 nitrogen and oxygen atoms in total. The highest BCUT2D eigenvalue weighted by molar-refractivity contribution is 5.83. The minimum atomic E-state index is 0.649. The third-order valence-electron chi connectivity index (χ3n) is 5.02. The summed E-state index contributed by atoms with van der Waals surface area (Å²) in [4.78, 5) is 4.90. The Morgan fingerprint density at radius 1 is 0.700 bits per heavy atom. The predicted octanol–water partition coefficient (Wildman–Crippen LogP) is 6.31. The maximum atomic E-state index is 8.94. The Hall–Kier alpha value is -4.36. The summed E-state index contributed by atoms with van der Waals surface area (Å²) in [6.45, 7) is 0. The molecule has 0 saturated carbocycles. The van der Waals surface area contributed by atoms with Crippen LogP contribution in [0, 0.1) is 11.3 Å². The Bertz CT molecular complexity index is 1340. The number of para-hydroxylation sites is 3. The quantitative estimate of drug-likeness (QED) is 0.394. The Morgan fingerprint density at radius 3 is 2.03 bits per heavy atom. The highest BCUT2D eigenvalue weighted by Gasteiger charge is 2.13. The molecule has 142 valence electrons. The molecule has 0 radical (unpaired) electrons. The van der Waals surface area contributed by atoms with Crippen molar-refractivity contribution in [3.05, 3.63) is 109 Å². The molecule has 0 saturated heterocycles. The number of nitrogens with zero attached hydrogens (tertiary/aromatic N) is 3. The van der Waals surface area contributed by atoms with Gasteiger partial charge >= 0.3 is 0 Å². The zero-order valence-corrected chi connectivity index (χ0v) is 16.2. The van der Waals surface area contributed by atoms with E-state index >= 15 is 0 Å². The molecule has 0 spiro atoms. The van der Waals surface area contributed by atoms with Gasteiger partial charge in [0.2, 0.25) is 0 Å². The summed E-state index contributed by atoms with van der Waals surface area (Å²) in [6.07, 6.45) is 0. The van der Waals surface area contributed by atoms with E-state index < -0.39 is 0 Å². The SMILES string of the molecule is N#Cc1ccc(Nc2ccc(-c3nc4ccccc4n3-c3ccccc3)cc2)cc1. The second-order valence-corrected chi connectivity index (χ2v) is 6.99. The van der Waals surface area contributed by atoms with E-state index in [4.69, 9.17) is 10.2 Å². The molecule has 5 rings (SSSR count). The average molecular weight is 386 g/mol. The standard InChI is InChI=1S/C26H18N4/c27-18-19-10-14-21(15-11-19)28-22-16-12-20(13-17-22)26-29-24-8-4-5-9-25(24)30(26)23-6-2-1-3-7-23/h1-17,28H. The molecular formula is C26H18N4. The maximum Gasteiger partial charge on any atom is 0.145 e. The van der Waals surface area contributed by atoms with Gasteiger partial charge in [-0.25, -0.2) is 4.98 Å². The van der Waals surface area contributed by atoms with Gasteiger partial charge in [-0.05, 0) is 72.8 Å². The second kappa shape index (κ2) is 7.57. The van der Waals surface area contributed by atoms with Crippen molar-refractivity contribution in [1.29, 1.82) is 5.26 Å². The van der Waals surface area contributed by atoms with Gasteiger partial charge in [0.15, 0.2) is 0 Å². The van der Waals surface area contributed by atoms with Gasteiger partial charge in [-0.15, -0.1) is 0 Å². The molecule has 4 aromatic carbocycles. The monoisotopic (exact) mass is 386 g/mol. The van der Waals surface area contributed by atoms with Crippen LogP contribution in [-0.2, 0) is 0 Å². The zero-order valence-electron chi connectivity index (χ0n) is 16.2. The first-order valence-corrected chi connectivity index (χ1v) is 9.72. The number of anilines is 2. The van der Waals surface area contributed by atoms with Crippen LogP contribution in [-0.4, -0.2) is 9.55 Å². The van der Waals surface area contributed by atoms with Gasteiger partial charge in [-0.2, -0.15) is 5.26 Å². The topological polar surface area (TPSA) is 53.6 Å². The number of hydrogen-bond donors (Lipinski definition) is 1. The molecular weight excluding hydrogens is 368 g/mol. The van der Waals surface area contributed by atoms with Crippen molar-refractivity contribution in [3.63, 3.8) is 0 Å². The van der Waals surface area contributed by atoms with Crippen LogP contribution in [0.2, 0.25) is 0 Å². The number of nitriles is 1. The number of benzene rings is 4. The van der Waals surface area contributed by atoms with Crippen LogP contribution in [0.5, 0.6) is 0 Å². The van der Waals surface area contributed by atoms with Crippen molar-refractivity contribution in [3.8, 4) is 23.1 Å². The largest absolute Gasteiger partial charge is 0.356 e. The lowest BCUT2D eigenvalue weighted by molar-refractivity contribution is 1.10. The summed E-state index contributed by atoms with van der Waals surface area (Å²) in [5.41, 5.74) is 6.75. The molecule has 1 N–H and O–H groups in total. The van der Waals surface area contributed by atoms with E-state index in [1.54, 1.807) is 12.1 Å². The number of imidazole rings is 1. The molecule has 0 bridgehead atoms. The molecule has 1 aromatic heterocycles. The smallest absolute Gasteiger partial charge is 0.145 e. The van der Waals surface area contributed by atoms with Gasteiger partial charge in [0.1, 0.15) is 5.82 Å². The first-order chi connectivity index (χ1) is 14.8. The van der Waals surface area contributed by atoms with E-state index in [0.29, 0.717) is 5.56 Å². The molecule has 0 aliphatic carbocycles. The Balaban J connectivity index is 1.52. The molecule has 1 heterocycles. The molecule has 30 heavy (non-hydrogen) atoms.